The molecule has 0 amide bonds. The van der Waals surface area contributed by atoms with Crippen molar-refractivity contribution in [2.75, 3.05) is 9.62 Å². The summed E-state index contributed by atoms with van der Waals surface area (Å²) in [5, 5.41) is 2.44. The van der Waals surface area contributed by atoms with E-state index in [1.54, 1.807) is 0 Å². The SMILES string of the molecule is [Pt].[c-]1c(Oc2[c-]c(-n3[c-][n+](-c4ccccc4-n4c5ccccc5c5ccccc54)c4ccccc43)ccc2)cccc1N1B2c3ccccc3-c3ccccc3N2c2cccnc21. The molecule has 8 aromatic carbocycles. The van der Waals surface area contributed by atoms with E-state index in [2.05, 4.69) is 200 Å². The Hall–Kier alpha value is -7.67. The van der Waals surface area contributed by atoms with Crippen molar-refractivity contribution in [3.05, 3.63) is 219 Å². The normalized spacial score (nSPS) is 12.5. The van der Waals surface area contributed by atoms with Crippen LogP contribution in [0.1, 0.15) is 0 Å². The first kappa shape index (κ1) is 37.1. The van der Waals surface area contributed by atoms with Crippen LogP contribution < -0.4 is 24.4 Å². The summed E-state index contributed by atoms with van der Waals surface area (Å²) in [7, 11) is 0. The number of hydrogen-bond donors (Lipinski definition) is 0. The van der Waals surface area contributed by atoms with Gasteiger partial charge in [0.25, 0.3) is 6.33 Å². The molecule has 3 aromatic heterocycles. The third kappa shape index (κ3) is 5.72. The number of hydrogen-bond acceptors (Lipinski definition) is 4. The summed E-state index contributed by atoms with van der Waals surface area (Å²) in [5.74, 6) is 2.01. The van der Waals surface area contributed by atoms with Gasteiger partial charge in [0.2, 0.25) is 0 Å². The Balaban J connectivity index is 0.00000421. The maximum Gasteiger partial charge on any atom is 0.420 e. The van der Waals surface area contributed by atoms with Crippen molar-refractivity contribution in [1.29, 1.82) is 0 Å². The van der Waals surface area contributed by atoms with Crippen LogP contribution >= 0.6 is 0 Å². The molecule has 13 rings (SSSR count). The van der Waals surface area contributed by atoms with Gasteiger partial charge in [0.05, 0.1) is 39.1 Å². The van der Waals surface area contributed by atoms with Gasteiger partial charge in [-0.3, -0.25) is 4.57 Å². The maximum atomic E-state index is 6.63. The third-order valence-electron chi connectivity index (χ3n) is 12.2. The summed E-state index contributed by atoms with van der Waals surface area (Å²) in [6.45, 7) is -0.156. The smallest absolute Gasteiger partial charge is 0.420 e. The van der Waals surface area contributed by atoms with Crippen molar-refractivity contribution < 1.29 is 30.4 Å². The van der Waals surface area contributed by atoms with E-state index in [0.717, 1.165) is 62.0 Å². The van der Waals surface area contributed by atoms with Gasteiger partial charge in [0.1, 0.15) is 5.82 Å². The predicted molar refractivity (Wildman–Crippen MR) is 248 cm³/mol. The number of imidazole rings is 1. The molecule has 0 saturated carbocycles. The third-order valence-corrected chi connectivity index (χ3v) is 12.2. The number of ether oxygens (including phenoxy) is 1. The van der Waals surface area contributed by atoms with Crippen LogP contribution in [-0.4, -0.2) is 21.1 Å². The van der Waals surface area contributed by atoms with Crippen LogP contribution in [0.4, 0.5) is 22.9 Å². The van der Waals surface area contributed by atoms with E-state index in [-0.39, 0.29) is 28.0 Å². The average molecular weight is 988 g/mol. The maximum absolute atomic E-state index is 6.63. The first-order valence-corrected chi connectivity index (χ1v) is 20.8. The fourth-order valence-electron chi connectivity index (χ4n) is 9.61. The predicted octanol–water partition coefficient (Wildman–Crippen LogP) is 11.3. The molecule has 11 aromatic rings. The van der Waals surface area contributed by atoms with Gasteiger partial charge in [-0.2, -0.15) is 18.2 Å². The van der Waals surface area contributed by atoms with Crippen LogP contribution in [-0.2, 0) is 21.1 Å². The topological polar surface area (TPSA) is 42.3 Å². The molecule has 63 heavy (non-hydrogen) atoms. The van der Waals surface area contributed by atoms with Crippen molar-refractivity contribution >= 4 is 68.2 Å². The summed E-state index contributed by atoms with van der Waals surface area (Å²) >= 11 is 0. The van der Waals surface area contributed by atoms with Gasteiger partial charge < -0.3 is 23.5 Å². The first-order valence-electron chi connectivity index (χ1n) is 20.8. The van der Waals surface area contributed by atoms with Crippen molar-refractivity contribution in [3.63, 3.8) is 0 Å². The molecule has 5 heterocycles. The van der Waals surface area contributed by atoms with E-state index in [4.69, 9.17) is 9.72 Å². The summed E-state index contributed by atoms with van der Waals surface area (Å²) < 4.78 is 13.2. The summed E-state index contributed by atoms with van der Waals surface area (Å²) in [5.41, 5.74) is 13.9. The van der Waals surface area contributed by atoms with Gasteiger partial charge in [-0.05, 0) is 59.2 Å². The molecule has 300 valence electrons. The van der Waals surface area contributed by atoms with Gasteiger partial charge in [0.15, 0.2) is 0 Å². The number of para-hydroxylation sites is 7. The molecule has 0 saturated heterocycles. The van der Waals surface area contributed by atoms with Crippen LogP contribution in [0.2, 0.25) is 0 Å². The van der Waals surface area contributed by atoms with Crippen LogP contribution in [0.25, 0.3) is 61.0 Å². The number of aromatic nitrogens is 4. The van der Waals surface area contributed by atoms with Gasteiger partial charge in [-0.25, -0.2) is 4.98 Å². The molecular formula is C54H33BN6OPt-2. The van der Waals surface area contributed by atoms with Crippen LogP contribution in [0.5, 0.6) is 11.5 Å². The summed E-state index contributed by atoms with van der Waals surface area (Å²) in [4.78, 5) is 9.61. The minimum Gasteiger partial charge on any atom is -0.510 e. The zero-order valence-corrected chi connectivity index (χ0v) is 35.8. The number of rotatable bonds is 6. The Labute approximate surface area is 378 Å². The zero-order chi connectivity index (χ0) is 40.7. The van der Waals surface area contributed by atoms with Crippen LogP contribution in [0.15, 0.2) is 200 Å². The monoisotopic (exact) mass is 987 g/mol. The van der Waals surface area contributed by atoms with E-state index in [0.29, 0.717) is 11.5 Å². The molecule has 0 atom stereocenters. The zero-order valence-electron chi connectivity index (χ0n) is 33.5. The van der Waals surface area contributed by atoms with Crippen molar-refractivity contribution in [2.24, 2.45) is 0 Å². The molecule has 0 aliphatic carbocycles. The fraction of sp³-hybridized carbons (Fsp3) is 0. The molecule has 9 heteroatoms. The number of benzene rings is 8. The molecule has 0 unspecified atom stereocenters. The van der Waals surface area contributed by atoms with Gasteiger partial charge in [0, 0.05) is 60.8 Å². The molecule has 0 N–H and O–H groups in total. The number of pyridine rings is 1. The molecule has 0 fully saturated rings. The van der Waals surface area contributed by atoms with Crippen molar-refractivity contribution in [1.82, 2.24) is 14.1 Å². The number of anilines is 4. The van der Waals surface area contributed by atoms with Crippen molar-refractivity contribution in [2.45, 2.75) is 0 Å². The van der Waals surface area contributed by atoms with E-state index < -0.39 is 0 Å². The van der Waals surface area contributed by atoms with Gasteiger partial charge in [-0.1, -0.05) is 121 Å². The van der Waals surface area contributed by atoms with Gasteiger partial charge >= 0.3 is 6.98 Å². The quantitative estimate of drug-likeness (QED) is 0.0946. The number of nitrogens with zero attached hydrogens (tertiary/aromatic N) is 6. The van der Waals surface area contributed by atoms with Crippen LogP contribution in [0.3, 0.4) is 0 Å². The average Bonchev–Trinajstić information content (AvgIpc) is 4.01. The van der Waals surface area contributed by atoms with Crippen LogP contribution in [0, 0.1) is 18.5 Å². The van der Waals surface area contributed by atoms with E-state index >= 15 is 0 Å². The molecule has 0 radical (unpaired) electrons. The summed E-state index contributed by atoms with van der Waals surface area (Å²) in [6.07, 6.45) is 5.58. The Morgan fingerprint density at radius 1 is 0.492 bits per heavy atom. The summed E-state index contributed by atoms with van der Waals surface area (Å²) in [6, 6.07) is 74.8. The number of fused-ring (bicyclic) bond motifs is 12. The van der Waals surface area contributed by atoms with E-state index in [9.17, 15) is 0 Å². The minimum absolute atomic E-state index is 0. The second-order valence-corrected chi connectivity index (χ2v) is 15.6. The molecule has 2 aliphatic heterocycles. The van der Waals surface area contributed by atoms with Gasteiger partial charge in [-0.15, -0.1) is 30.3 Å². The molecule has 0 bridgehead atoms. The molecule has 2 aliphatic rings. The minimum atomic E-state index is -0.156. The van der Waals surface area contributed by atoms with E-state index in [1.165, 1.54) is 27.4 Å². The first-order chi connectivity index (χ1) is 30.8. The Bertz CT molecular complexity index is 3530. The largest absolute Gasteiger partial charge is 0.510 e. The Kier molecular flexibility index (Phi) is 8.70. The molecular weight excluding hydrogens is 955 g/mol. The Morgan fingerprint density at radius 2 is 1.10 bits per heavy atom. The van der Waals surface area contributed by atoms with E-state index in [1.807, 2.05) is 42.6 Å². The second kappa shape index (κ2) is 14.8. The van der Waals surface area contributed by atoms with Crippen molar-refractivity contribution in [3.8, 4) is 39.7 Å². The molecule has 7 nitrogen and oxygen atoms in total. The fourth-order valence-corrected chi connectivity index (χ4v) is 9.61. The second-order valence-electron chi connectivity index (χ2n) is 15.6. The molecule has 0 spiro atoms. The Morgan fingerprint density at radius 3 is 1.89 bits per heavy atom. The standard InChI is InChI=1S/C54H33BN6O.Pt/c1-5-24-45-41(20-1)42-21-4-8-27-48(42)61-53-32-15-33-56-54(53)60(55(45)61)38-17-14-19-40(35-38)62-39-18-13-16-37(34-39)57-36-58(50-29-10-9-28-49(50)57)51-30-11-12-31-52(51)59-46-25-6-2-22-43(46)44-23-3-7-26-47(44)59;/h1-33H;/q-2;.